The summed E-state index contributed by atoms with van der Waals surface area (Å²) in [7, 11) is 0. The average molecular weight is 387 g/mol. The predicted octanol–water partition coefficient (Wildman–Crippen LogP) is 4.38. The second-order valence-electron chi connectivity index (χ2n) is 6.52. The van der Waals surface area contributed by atoms with Crippen LogP contribution in [-0.2, 0) is 4.79 Å². The van der Waals surface area contributed by atoms with Crippen molar-refractivity contribution >= 4 is 29.4 Å². The third-order valence-corrected chi connectivity index (χ3v) is 5.49. The minimum Gasteiger partial charge on any atom is -0.332 e. The van der Waals surface area contributed by atoms with Gasteiger partial charge in [0.15, 0.2) is 0 Å². The fraction of sp³-hybridized carbons (Fsp3) is 0.300. The summed E-state index contributed by atoms with van der Waals surface area (Å²) in [5.41, 5.74) is 2.38. The molecule has 0 radical (unpaired) electrons. The van der Waals surface area contributed by atoms with Gasteiger partial charge in [-0.1, -0.05) is 12.1 Å². The highest BCUT2D eigenvalue weighted by Crippen LogP contribution is 2.36. The van der Waals surface area contributed by atoms with Crippen LogP contribution in [0.1, 0.15) is 43.5 Å². The molecule has 0 aliphatic carbocycles. The Kier molecular flexibility index (Phi) is 6.01. The number of anilines is 1. The number of hydrogen-bond acceptors (Lipinski definition) is 3. The van der Waals surface area contributed by atoms with E-state index in [0.29, 0.717) is 5.69 Å². The van der Waals surface area contributed by atoms with E-state index < -0.39 is 0 Å². The Bertz CT molecular complexity index is 859. The number of rotatable bonds is 4. The number of carbonyl (C=O) groups excluding carboxylic acids is 2. The summed E-state index contributed by atoms with van der Waals surface area (Å²) in [6, 6.07) is 11.3. The molecule has 27 heavy (non-hydrogen) atoms. The van der Waals surface area contributed by atoms with Crippen molar-refractivity contribution in [3.8, 4) is 0 Å². The van der Waals surface area contributed by atoms with Crippen LogP contribution in [0.4, 0.5) is 14.9 Å². The molecule has 2 atom stereocenters. The van der Waals surface area contributed by atoms with Crippen LogP contribution in [0.15, 0.2) is 47.4 Å². The van der Waals surface area contributed by atoms with E-state index in [2.05, 4.69) is 16.0 Å². The summed E-state index contributed by atoms with van der Waals surface area (Å²) in [5.74, 6) is 0.427. The van der Waals surface area contributed by atoms with Crippen molar-refractivity contribution < 1.29 is 14.0 Å². The summed E-state index contributed by atoms with van der Waals surface area (Å²) >= 11 is 1.67. The predicted molar refractivity (Wildman–Crippen MR) is 105 cm³/mol. The van der Waals surface area contributed by atoms with Gasteiger partial charge in [-0.05, 0) is 54.8 Å². The fourth-order valence-electron chi connectivity index (χ4n) is 3.08. The van der Waals surface area contributed by atoms with Crippen molar-refractivity contribution in [2.24, 2.45) is 0 Å². The minimum atomic E-state index is -0.306. The monoisotopic (exact) mass is 387 g/mol. The van der Waals surface area contributed by atoms with Crippen LogP contribution in [-0.4, -0.2) is 17.7 Å². The molecule has 7 heteroatoms. The van der Waals surface area contributed by atoms with E-state index in [0.717, 1.165) is 28.2 Å². The van der Waals surface area contributed by atoms with Crippen LogP contribution >= 0.6 is 11.8 Å². The van der Waals surface area contributed by atoms with Crippen LogP contribution in [0.25, 0.3) is 0 Å². The number of amides is 3. The van der Waals surface area contributed by atoms with Gasteiger partial charge in [0.2, 0.25) is 5.91 Å². The molecule has 2 aromatic rings. The van der Waals surface area contributed by atoms with Gasteiger partial charge in [0.05, 0.1) is 12.1 Å². The van der Waals surface area contributed by atoms with E-state index in [1.165, 1.54) is 19.1 Å². The van der Waals surface area contributed by atoms with E-state index in [4.69, 9.17) is 0 Å². The first-order chi connectivity index (χ1) is 12.9. The topological polar surface area (TPSA) is 70.2 Å². The molecule has 3 rings (SSSR count). The quantitative estimate of drug-likeness (QED) is 0.729. The number of hydrogen-bond donors (Lipinski definition) is 3. The van der Waals surface area contributed by atoms with Crippen molar-refractivity contribution in [1.29, 1.82) is 0 Å². The molecule has 0 fully saturated rings. The molecule has 5 nitrogen and oxygen atoms in total. The maximum Gasteiger partial charge on any atom is 0.315 e. The van der Waals surface area contributed by atoms with Gasteiger partial charge >= 0.3 is 6.03 Å². The lowest BCUT2D eigenvalue weighted by Crippen LogP contribution is -2.40. The zero-order valence-electron chi connectivity index (χ0n) is 15.2. The van der Waals surface area contributed by atoms with Crippen LogP contribution in [0.3, 0.4) is 0 Å². The van der Waals surface area contributed by atoms with E-state index in [-0.39, 0.29) is 29.8 Å². The van der Waals surface area contributed by atoms with Crippen LogP contribution in [0, 0.1) is 5.82 Å². The Hall–Kier alpha value is -2.54. The van der Waals surface area contributed by atoms with Crippen molar-refractivity contribution in [2.45, 2.75) is 37.2 Å². The smallest absolute Gasteiger partial charge is 0.315 e. The molecular weight excluding hydrogens is 365 g/mol. The Morgan fingerprint density at radius 1 is 1.22 bits per heavy atom. The van der Waals surface area contributed by atoms with Crippen molar-refractivity contribution in [2.75, 3.05) is 11.1 Å². The van der Waals surface area contributed by atoms with Gasteiger partial charge in [0.25, 0.3) is 0 Å². The van der Waals surface area contributed by atoms with Gasteiger partial charge in [0, 0.05) is 23.3 Å². The standard InChI is InChI=1S/C20H22FN3O2S/c1-12(14-4-3-5-16(10-14)23-13(2)25)22-20(26)24-18-8-9-27-19-7-6-15(21)11-17(18)19/h3-7,10-12,18H,8-9H2,1-2H3,(H,23,25)(H2,22,24,26). The molecular formula is C20H22FN3O2S. The molecule has 2 aromatic carbocycles. The highest BCUT2D eigenvalue weighted by molar-refractivity contribution is 7.99. The number of carbonyl (C=O) groups is 2. The normalized spacial score (nSPS) is 16.8. The molecule has 0 bridgehead atoms. The van der Waals surface area contributed by atoms with E-state index in [1.54, 1.807) is 23.9 Å². The summed E-state index contributed by atoms with van der Waals surface area (Å²) in [6.45, 7) is 3.32. The third-order valence-electron chi connectivity index (χ3n) is 4.37. The van der Waals surface area contributed by atoms with Gasteiger partial charge in [0.1, 0.15) is 5.82 Å². The summed E-state index contributed by atoms with van der Waals surface area (Å²) in [6.07, 6.45) is 0.751. The number of urea groups is 1. The maximum atomic E-state index is 13.6. The molecule has 1 aliphatic rings. The second-order valence-corrected chi connectivity index (χ2v) is 7.65. The van der Waals surface area contributed by atoms with Crippen LogP contribution in [0.2, 0.25) is 0 Å². The molecule has 142 valence electrons. The zero-order chi connectivity index (χ0) is 19.4. The Morgan fingerprint density at radius 2 is 2.04 bits per heavy atom. The lowest BCUT2D eigenvalue weighted by Gasteiger charge is -2.27. The summed E-state index contributed by atoms with van der Waals surface area (Å²) < 4.78 is 13.6. The molecule has 3 amide bonds. The van der Waals surface area contributed by atoms with Crippen molar-refractivity contribution in [1.82, 2.24) is 10.6 Å². The summed E-state index contributed by atoms with van der Waals surface area (Å²) in [4.78, 5) is 24.7. The lowest BCUT2D eigenvalue weighted by atomic mass is 10.0. The first-order valence-electron chi connectivity index (χ1n) is 8.79. The first kappa shape index (κ1) is 19.2. The van der Waals surface area contributed by atoms with E-state index >= 15 is 0 Å². The molecule has 1 aliphatic heterocycles. The SMILES string of the molecule is CC(=O)Nc1cccc(C(C)NC(=O)NC2CCSc3ccc(F)cc32)c1. The largest absolute Gasteiger partial charge is 0.332 e. The minimum absolute atomic E-state index is 0.147. The Labute approximate surface area is 162 Å². The summed E-state index contributed by atoms with van der Waals surface area (Å²) in [5, 5.41) is 8.59. The van der Waals surface area contributed by atoms with Crippen LogP contribution < -0.4 is 16.0 Å². The van der Waals surface area contributed by atoms with Gasteiger partial charge in [-0.3, -0.25) is 4.79 Å². The van der Waals surface area contributed by atoms with Crippen molar-refractivity contribution in [3.05, 3.63) is 59.4 Å². The Morgan fingerprint density at radius 3 is 2.81 bits per heavy atom. The average Bonchev–Trinajstić information content (AvgIpc) is 2.62. The molecule has 0 spiro atoms. The highest BCUT2D eigenvalue weighted by atomic mass is 32.2. The van der Waals surface area contributed by atoms with E-state index in [9.17, 15) is 14.0 Å². The van der Waals surface area contributed by atoms with Crippen molar-refractivity contribution in [3.63, 3.8) is 0 Å². The van der Waals surface area contributed by atoms with Gasteiger partial charge in [-0.15, -0.1) is 11.8 Å². The van der Waals surface area contributed by atoms with Crippen LogP contribution in [0.5, 0.6) is 0 Å². The maximum absolute atomic E-state index is 13.6. The number of thioether (sulfide) groups is 1. The fourth-order valence-corrected chi connectivity index (χ4v) is 4.19. The molecule has 0 aromatic heterocycles. The van der Waals surface area contributed by atoms with Gasteiger partial charge in [-0.2, -0.15) is 0 Å². The second kappa shape index (κ2) is 8.43. The molecule has 3 N–H and O–H groups in total. The molecule has 0 saturated carbocycles. The lowest BCUT2D eigenvalue weighted by molar-refractivity contribution is -0.114. The number of benzene rings is 2. The molecule has 1 heterocycles. The highest BCUT2D eigenvalue weighted by Gasteiger charge is 2.23. The number of fused-ring (bicyclic) bond motifs is 1. The van der Waals surface area contributed by atoms with Gasteiger partial charge < -0.3 is 16.0 Å². The van der Waals surface area contributed by atoms with Gasteiger partial charge in [-0.25, -0.2) is 9.18 Å². The molecule has 0 saturated heterocycles. The third kappa shape index (κ3) is 5.01. The number of nitrogens with one attached hydrogen (secondary N) is 3. The Balaban J connectivity index is 1.65. The zero-order valence-corrected chi connectivity index (χ0v) is 16.0. The van der Waals surface area contributed by atoms with E-state index in [1.807, 2.05) is 25.1 Å². The number of halogens is 1. The first-order valence-corrected chi connectivity index (χ1v) is 9.78. The molecule has 2 unspecified atom stereocenters.